The highest BCUT2D eigenvalue weighted by Crippen LogP contribution is 2.31. The van der Waals surface area contributed by atoms with Crippen LogP contribution in [-0.4, -0.2) is 21.3 Å². The highest BCUT2D eigenvalue weighted by Gasteiger charge is 2.24. The van der Waals surface area contributed by atoms with Crippen molar-refractivity contribution in [2.75, 3.05) is 11.9 Å². The van der Waals surface area contributed by atoms with Crippen LogP contribution in [0.2, 0.25) is 0 Å². The van der Waals surface area contributed by atoms with Gasteiger partial charge >= 0.3 is 0 Å². The van der Waals surface area contributed by atoms with Gasteiger partial charge in [0.15, 0.2) is 0 Å². The summed E-state index contributed by atoms with van der Waals surface area (Å²) in [6.07, 6.45) is 5.81. The van der Waals surface area contributed by atoms with Crippen LogP contribution in [-0.2, 0) is 6.42 Å². The minimum atomic E-state index is 0.258. The van der Waals surface area contributed by atoms with Crippen molar-refractivity contribution in [2.45, 2.75) is 39.7 Å². The first-order valence-electron chi connectivity index (χ1n) is 7.25. The molecule has 2 aromatic heterocycles. The maximum absolute atomic E-state index is 4.82. The first-order valence-corrected chi connectivity index (χ1v) is 7.25. The summed E-state index contributed by atoms with van der Waals surface area (Å²) in [4.78, 5) is 4.24. The van der Waals surface area contributed by atoms with Crippen LogP contribution in [0.4, 0.5) is 5.82 Å². The van der Waals surface area contributed by atoms with Gasteiger partial charge in [0.1, 0.15) is 5.82 Å². The van der Waals surface area contributed by atoms with Crippen molar-refractivity contribution >= 4 is 5.82 Å². The van der Waals surface area contributed by atoms with Crippen LogP contribution in [0, 0.1) is 5.41 Å². The van der Waals surface area contributed by atoms with Crippen LogP contribution in [0.25, 0.3) is 0 Å². The van der Waals surface area contributed by atoms with E-state index in [9.17, 15) is 0 Å². The maximum Gasteiger partial charge on any atom is 0.125 e. The second-order valence-corrected chi connectivity index (χ2v) is 6.72. The Morgan fingerprint density at radius 1 is 1.40 bits per heavy atom. The van der Waals surface area contributed by atoms with Crippen LogP contribution in [0.3, 0.4) is 0 Å². The smallest absolute Gasteiger partial charge is 0.125 e. The first-order chi connectivity index (χ1) is 9.53. The summed E-state index contributed by atoms with van der Waals surface area (Å²) in [5.74, 6) is 1.13. The first kappa shape index (κ1) is 13.2. The summed E-state index contributed by atoms with van der Waals surface area (Å²) in [5, 5.41) is 8.27. The normalized spacial score (nSPS) is 18.4. The molecule has 1 aliphatic rings. The molecular formula is C16H22N4. The Hall–Kier alpha value is -1.84. The van der Waals surface area contributed by atoms with Gasteiger partial charge in [-0.05, 0) is 29.9 Å². The molecule has 4 heteroatoms. The lowest BCUT2D eigenvalue weighted by Crippen LogP contribution is -2.24. The standard InChI is InChI=1S/C16H22N4/c1-16(2,3)10-13-9-15-18-8-6-14(20(15)19-13)12-5-4-7-17-11-12/h4-5,7,9,11,14,18H,6,8,10H2,1-3H3. The fourth-order valence-electron chi connectivity index (χ4n) is 2.78. The van der Waals surface area contributed by atoms with E-state index in [1.807, 2.05) is 18.5 Å². The molecule has 4 nitrogen and oxygen atoms in total. The quantitative estimate of drug-likeness (QED) is 0.910. The van der Waals surface area contributed by atoms with E-state index >= 15 is 0 Å². The summed E-state index contributed by atoms with van der Waals surface area (Å²) in [6.45, 7) is 7.73. The molecule has 0 amide bonds. The topological polar surface area (TPSA) is 42.7 Å². The Morgan fingerprint density at radius 2 is 2.25 bits per heavy atom. The molecule has 0 spiro atoms. The van der Waals surface area contributed by atoms with E-state index in [1.54, 1.807) is 0 Å². The third kappa shape index (κ3) is 2.69. The summed E-state index contributed by atoms with van der Waals surface area (Å²) < 4.78 is 2.13. The molecule has 20 heavy (non-hydrogen) atoms. The number of hydrogen-bond donors (Lipinski definition) is 1. The molecule has 0 fully saturated rings. The molecule has 3 rings (SSSR count). The predicted molar refractivity (Wildman–Crippen MR) is 80.9 cm³/mol. The monoisotopic (exact) mass is 270 g/mol. The van der Waals surface area contributed by atoms with Crippen molar-refractivity contribution in [3.8, 4) is 0 Å². The molecule has 106 valence electrons. The molecule has 1 N–H and O–H groups in total. The second kappa shape index (κ2) is 4.93. The summed E-state index contributed by atoms with van der Waals surface area (Å²) in [7, 11) is 0. The van der Waals surface area contributed by atoms with Gasteiger partial charge in [-0.2, -0.15) is 5.10 Å². The van der Waals surface area contributed by atoms with Crippen molar-refractivity contribution < 1.29 is 0 Å². The van der Waals surface area contributed by atoms with Crippen LogP contribution in [0.15, 0.2) is 30.6 Å². The zero-order valence-corrected chi connectivity index (χ0v) is 12.4. The van der Waals surface area contributed by atoms with Gasteiger partial charge in [-0.15, -0.1) is 0 Å². The predicted octanol–water partition coefficient (Wildman–Crippen LogP) is 3.27. The van der Waals surface area contributed by atoms with E-state index in [2.05, 4.69) is 47.9 Å². The highest BCUT2D eigenvalue weighted by atomic mass is 15.4. The van der Waals surface area contributed by atoms with E-state index in [4.69, 9.17) is 5.10 Å². The minimum absolute atomic E-state index is 0.258. The average molecular weight is 270 g/mol. The molecule has 0 bridgehead atoms. The number of hydrogen-bond acceptors (Lipinski definition) is 3. The highest BCUT2D eigenvalue weighted by molar-refractivity contribution is 5.41. The van der Waals surface area contributed by atoms with Gasteiger partial charge in [-0.25, -0.2) is 4.68 Å². The Labute approximate surface area is 120 Å². The molecule has 1 aliphatic heterocycles. The fourth-order valence-corrected chi connectivity index (χ4v) is 2.78. The molecule has 2 aromatic rings. The lowest BCUT2D eigenvalue weighted by atomic mass is 9.91. The van der Waals surface area contributed by atoms with Crippen LogP contribution < -0.4 is 5.32 Å². The Kier molecular flexibility index (Phi) is 3.24. The second-order valence-electron chi connectivity index (χ2n) is 6.72. The number of nitrogens with one attached hydrogen (secondary N) is 1. The third-order valence-corrected chi connectivity index (χ3v) is 3.59. The Balaban J connectivity index is 1.93. The summed E-state index contributed by atoms with van der Waals surface area (Å²) in [6, 6.07) is 6.62. The Bertz CT molecular complexity index is 580. The number of nitrogens with zero attached hydrogens (tertiary/aromatic N) is 3. The summed E-state index contributed by atoms with van der Waals surface area (Å²) >= 11 is 0. The minimum Gasteiger partial charge on any atom is -0.370 e. The van der Waals surface area contributed by atoms with Gasteiger partial charge in [-0.1, -0.05) is 26.8 Å². The molecule has 0 saturated heterocycles. The molecule has 0 aromatic carbocycles. The molecular weight excluding hydrogens is 248 g/mol. The van der Waals surface area contributed by atoms with Gasteiger partial charge < -0.3 is 5.32 Å². The van der Waals surface area contributed by atoms with Crippen LogP contribution >= 0.6 is 0 Å². The maximum atomic E-state index is 4.82. The van der Waals surface area contributed by atoms with Gasteiger partial charge in [0, 0.05) is 25.0 Å². The fraction of sp³-hybridized carbons (Fsp3) is 0.500. The van der Waals surface area contributed by atoms with E-state index in [-0.39, 0.29) is 5.41 Å². The largest absolute Gasteiger partial charge is 0.370 e. The van der Waals surface area contributed by atoms with Crippen molar-refractivity contribution in [3.05, 3.63) is 41.9 Å². The number of aromatic nitrogens is 3. The molecule has 0 aliphatic carbocycles. The van der Waals surface area contributed by atoms with Crippen LogP contribution in [0.1, 0.15) is 44.5 Å². The van der Waals surface area contributed by atoms with E-state index in [1.165, 1.54) is 5.56 Å². The number of fused-ring (bicyclic) bond motifs is 1. The third-order valence-electron chi connectivity index (χ3n) is 3.59. The van der Waals surface area contributed by atoms with Crippen molar-refractivity contribution in [3.63, 3.8) is 0 Å². The van der Waals surface area contributed by atoms with Gasteiger partial charge in [0.2, 0.25) is 0 Å². The Morgan fingerprint density at radius 3 is 2.95 bits per heavy atom. The lowest BCUT2D eigenvalue weighted by Gasteiger charge is -2.25. The molecule has 1 unspecified atom stereocenters. The van der Waals surface area contributed by atoms with E-state index < -0.39 is 0 Å². The van der Waals surface area contributed by atoms with Gasteiger partial charge in [0.25, 0.3) is 0 Å². The molecule has 3 heterocycles. The molecule has 0 saturated carbocycles. The average Bonchev–Trinajstić information content (AvgIpc) is 2.79. The van der Waals surface area contributed by atoms with Crippen molar-refractivity contribution in [2.24, 2.45) is 5.41 Å². The van der Waals surface area contributed by atoms with Crippen molar-refractivity contribution in [1.82, 2.24) is 14.8 Å². The zero-order valence-electron chi connectivity index (χ0n) is 12.4. The lowest BCUT2D eigenvalue weighted by molar-refractivity contribution is 0.399. The van der Waals surface area contributed by atoms with Crippen molar-refractivity contribution in [1.29, 1.82) is 0 Å². The number of rotatable bonds is 2. The molecule has 0 radical (unpaired) electrons. The SMILES string of the molecule is CC(C)(C)Cc1cc2n(n1)C(c1cccnc1)CCN2. The number of anilines is 1. The zero-order chi connectivity index (χ0) is 14.2. The number of pyridine rings is 1. The molecule has 1 atom stereocenters. The van der Waals surface area contributed by atoms with Gasteiger partial charge in [0.05, 0.1) is 11.7 Å². The van der Waals surface area contributed by atoms with E-state index in [0.717, 1.165) is 30.9 Å². The van der Waals surface area contributed by atoms with E-state index in [0.29, 0.717) is 6.04 Å². The summed E-state index contributed by atoms with van der Waals surface area (Å²) in [5.41, 5.74) is 2.66. The van der Waals surface area contributed by atoms with Gasteiger partial charge in [-0.3, -0.25) is 4.98 Å². The van der Waals surface area contributed by atoms with Crippen LogP contribution in [0.5, 0.6) is 0 Å².